The van der Waals surface area contributed by atoms with Crippen molar-refractivity contribution >= 4 is 46.3 Å². The maximum Gasteiger partial charge on any atom is 0.303 e. The van der Waals surface area contributed by atoms with E-state index in [0.717, 1.165) is 56.9 Å². The summed E-state index contributed by atoms with van der Waals surface area (Å²) in [5, 5.41) is 8.58. The Morgan fingerprint density at radius 3 is 2.21 bits per heavy atom. The number of carboxylic acid groups (broad SMARTS) is 1. The van der Waals surface area contributed by atoms with Crippen LogP contribution in [0.5, 0.6) is 0 Å². The largest absolute Gasteiger partial charge is 0.481 e. The lowest BCUT2D eigenvalue weighted by Crippen LogP contribution is -2.29. The zero-order chi connectivity index (χ0) is 20.4. The van der Waals surface area contributed by atoms with Crippen LogP contribution in [-0.4, -0.2) is 32.7 Å². The molecule has 2 rings (SSSR count). The number of carbonyl (C=O) groups is 2. The fourth-order valence-electron chi connectivity index (χ4n) is 3.01. The summed E-state index contributed by atoms with van der Waals surface area (Å²) in [6.45, 7) is 0.629. The smallest absolute Gasteiger partial charge is 0.303 e. The third-order valence-corrected chi connectivity index (χ3v) is 5.94. The van der Waals surface area contributed by atoms with Gasteiger partial charge < -0.3 is 5.11 Å². The Morgan fingerprint density at radius 2 is 1.61 bits per heavy atom. The molecule has 0 saturated carbocycles. The molecule has 28 heavy (non-hydrogen) atoms. The maximum atomic E-state index is 13.0. The third kappa shape index (κ3) is 7.72. The summed E-state index contributed by atoms with van der Waals surface area (Å²) in [6, 6.07) is 6.03. The molecule has 0 bridgehead atoms. The number of thiocarbonyl (C=S) groups is 1. The molecule has 1 saturated heterocycles. The van der Waals surface area contributed by atoms with Gasteiger partial charge in [0.2, 0.25) is 0 Å². The number of hydrogen-bond donors (Lipinski definition) is 1. The number of aliphatic carboxylic acids is 1. The lowest BCUT2D eigenvalue weighted by Gasteiger charge is -2.14. The number of benzene rings is 1. The molecule has 1 N–H and O–H groups in total. The third-order valence-electron chi connectivity index (χ3n) is 4.56. The van der Waals surface area contributed by atoms with Crippen molar-refractivity contribution in [2.75, 3.05) is 6.54 Å². The number of nitrogens with zero attached hydrogens (tertiary/aromatic N) is 1. The summed E-state index contributed by atoms with van der Waals surface area (Å²) >= 11 is 6.63. The molecular formula is C21H26FNO3S2. The van der Waals surface area contributed by atoms with Crippen molar-refractivity contribution in [1.29, 1.82) is 0 Å². The van der Waals surface area contributed by atoms with E-state index in [-0.39, 0.29) is 18.1 Å². The fraction of sp³-hybridized carbons (Fsp3) is 0.476. The van der Waals surface area contributed by atoms with E-state index in [2.05, 4.69) is 0 Å². The fourth-order valence-corrected chi connectivity index (χ4v) is 4.32. The second kappa shape index (κ2) is 12.0. The van der Waals surface area contributed by atoms with Crippen molar-refractivity contribution in [3.05, 3.63) is 40.6 Å². The van der Waals surface area contributed by atoms with Crippen molar-refractivity contribution < 1.29 is 19.1 Å². The average molecular weight is 424 g/mol. The number of carboxylic acids is 1. The first-order valence-corrected chi connectivity index (χ1v) is 10.9. The van der Waals surface area contributed by atoms with Gasteiger partial charge in [0, 0.05) is 13.0 Å². The molecule has 0 aliphatic carbocycles. The summed E-state index contributed by atoms with van der Waals surface area (Å²) < 4.78 is 13.6. The molecule has 0 aromatic heterocycles. The Bertz CT molecular complexity index is 719. The van der Waals surface area contributed by atoms with Crippen LogP contribution in [0.3, 0.4) is 0 Å². The lowest BCUT2D eigenvalue weighted by atomic mass is 10.1. The van der Waals surface area contributed by atoms with Gasteiger partial charge in [-0.25, -0.2) is 4.39 Å². The van der Waals surface area contributed by atoms with Crippen LogP contribution >= 0.6 is 24.0 Å². The SMILES string of the molecule is O=C(O)CCCCCCCCCCN1C(=O)/C(=C/c2ccc(F)cc2)SC1=S. The van der Waals surface area contributed by atoms with Crippen LogP contribution in [0.4, 0.5) is 4.39 Å². The highest BCUT2D eigenvalue weighted by Gasteiger charge is 2.31. The molecule has 1 heterocycles. The highest BCUT2D eigenvalue weighted by molar-refractivity contribution is 8.26. The second-order valence-corrected chi connectivity index (χ2v) is 8.53. The Labute approximate surface area is 175 Å². The Kier molecular flexibility index (Phi) is 9.64. The number of carbonyl (C=O) groups excluding carboxylic acids is 1. The summed E-state index contributed by atoms with van der Waals surface area (Å²) in [7, 11) is 0. The standard InChI is InChI=1S/C21H26FNO3S2/c22-17-12-10-16(11-13-17)15-18-20(26)23(21(27)28-18)14-8-6-4-2-1-3-5-7-9-19(24)25/h10-13,15H,1-9,14H2,(H,24,25)/b18-15-. The first-order valence-electron chi connectivity index (χ1n) is 9.70. The molecule has 0 spiro atoms. The highest BCUT2D eigenvalue weighted by Crippen LogP contribution is 2.32. The number of hydrogen-bond acceptors (Lipinski definition) is 4. The van der Waals surface area contributed by atoms with Crippen LogP contribution in [0.25, 0.3) is 6.08 Å². The van der Waals surface area contributed by atoms with E-state index in [1.807, 2.05) is 0 Å². The van der Waals surface area contributed by atoms with Gasteiger partial charge in [-0.1, -0.05) is 74.6 Å². The van der Waals surface area contributed by atoms with Crippen molar-refractivity contribution in [2.45, 2.75) is 57.8 Å². The van der Waals surface area contributed by atoms with Gasteiger partial charge >= 0.3 is 5.97 Å². The maximum absolute atomic E-state index is 13.0. The van der Waals surface area contributed by atoms with E-state index < -0.39 is 5.97 Å². The molecule has 1 aromatic rings. The zero-order valence-electron chi connectivity index (χ0n) is 15.9. The predicted octanol–water partition coefficient (Wildman–Crippen LogP) is 5.62. The topological polar surface area (TPSA) is 57.6 Å². The van der Waals surface area contributed by atoms with Gasteiger partial charge in [0.1, 0.15) is 10.1 Å². The minimum atomic E-state index is -0.719. The monoisotopic (exact) mass is 423 g/mol. The molecule has 1 aliphatic heterocycles. The van der Waals surface area contributed by atoms with E-state index >= 15 is 0 Å². The number of rotatable bonds is 12. The Balaban J connectivity index is 1.64. The molecule has 4 nitrogen and oxygen atoms in total. The van der Waals surface area contributed by atoms with Crippen LogP contribution < -0.4 is 0 Å². The quantitative estimate of drug-likeness (QED) is 0.268. The predicted molar refractivity (Wildman–Crippen MR) is 115 cm³/mol. The zero-order valence-corrected chi connectivity index (χ0v) is 17.5. The van der Waals surface area contributed by atoms with Gasteiger partial charge in [0.05, 0.1) is 4.91 Å². The van der Waals surface area contributed by atoms with Crippen LogP contribution in [0.15, 0.2) is 29.2 Å². The van der Waals surface area contributed by atoms with E-state index in [1.165, 1.54) is 23.9 Å². The van der Waals surface area contributed by atoms with Gasteiger partial charge in [-0.3, -0.25) is 14.5 Å². The summed E-state index contributed by atoms with van der Waals surface area (Å²) in [5.74, 6) is -1.09. The van der Waals surface area contributed by atoms with Gasteiger partial charge in [-0.05, 0) is 36.6 Å². The number of amides is 1. The minimum absolute atomic E-state index is 0.0715. The summed E-state index contributed by atoms with van der Waals surface area (Å²) in [6.07, 6.45) is 10.2. The van der Waals surface area contributed by atoms with E-state index in [4.69, 9.17) is 17.3 Å². The van der Waals surface area contributed by atoms with Crippen LogP contribution in [0.1, 0.15) is 63.4 Å². The minimum Gasteiger partial charge on any atom is -0.481 e. The molecule has 0 atom stereocenters. The number of halogens is 1. The van der Waals surface area contributed by atoms with Gasteiger partial charge in [-0.2, -0.15) is 0 Å². The molecule has 0 radical (unpaired) electrons. The van der Waals surface area contributed by atoms with Gasteiger partial charge in [0.15, 0.2) is 0 Å². The van der Waals surface area contributed by atoms with Crippen LogP contribution in [0, 0.1) is 5.82 Å². The average Bonchev–Trinajstić information content (AvgIpc) is 2.92. The molecule has 1 amide bonds. The number of thioether (sulfide) groups is 1. The molecule has 1 aromatic carbocycles. The molecule has 1 fully saturated rings. The number of unbranched alkanes of at least 4 members (excludes halogenated alkanes) is 7. The molecular weight excluding hydrogens is 397 g/mol. The first-order chi connectivity index (χ1) is 13.5. The van der Waals surface area contributed by atoms with Crippen molar-refractivity contribution in [1.82, 2.24) is 4.90 Å². The Hall–Kier alpha value is -1.73. The second-order valence-electron chi connectivity index (χ2n) is 6.86. The Morgan fingerprint density at radius 1 is 1.04 bits per heavy atom. The van der Waals surface area contributed by atoms with Gasteiger partial charge in [-0.15, -0.1) is 0 Å². The van der Waals surface area contributed by atoms with Crippen molar-refractivity contribution in [3.63, 3.8) is 0 Å². The molecule has 0 unspecified atom stereocenters. The van der Waals surface area contributed by atoms with E-state index in [0.29, 0.717) is 15.8 Å². The van der Waals surface area contributed by atoms with E-state index in [1.54, 1.807) is 23.1 Å². The summed E-state index contributed by atoms with van der Waals surface area (Å²) in [4.78, 5) is 25.2. The van der Waals surface area contributed by atoms with Gasteiger partial charge in [0.25, 0.3) is 5.91 Å². The molecule has 152 valence electrons. The molecule has 1 aliphatic rings. The van der Waals surface area contributed by atoms with E-state index in [9.17, 15) is 14.0 Å². The van der Waals surface area contributed by atoms with Crippen LogP contribution in [-0.2, 0) is 9.59 Å². The van der Waals surface area contributed by atoms with Crippen molar-refractivity contribution in [2.24, 2.45) is 0 Å². The molecule has 7 heteroatoms. The van der Waals surface area contributed by atoms with Crippen LogP contribution in [0.2, 0.25) is 0 Å². The normalized spacial score (nSPS) is 15.6. The summed E-state index contributed by atoms with van der Waals surface area (Å²) in [5.41, 5.74) is 0.783. The van der Waals surface area contributed by atoms with Crippen molar-refractivity contribution in [3.8, 4) is 0 Å². The highest BCUT2D eigenvalue weighted by atomic mass is 32.2. The first kappa shape index (κ1) is 22.6. The lowest BCUT2D eigenvalue weighted by molar-refractivity contribution is -0.137.